The second-order valence-electron chi connectivity index (χ2n) is 4.71. The van der Waals surface area contributed by atoms with Crippen molar-refractivity contribution in [1.29, 1.82) is 0 Å². The molecule has 2 aromatic heterocycles. The summed E-state index contributed by atoms with van der Waals surface area (Å²) < 4.78 is 1.02. The number of fused-ring (bicyclic) bond motifs is 1. The van der Waals surface area contributed by atoms with Crippen LogP contribution in [0.3, 0.4) is 0 Å². The molecule has 0 unspecified atom stereocenters. The summed E-state index contributed by atoms with van der Waals surface area (Å²) in [4.78, 5) is 32.0. The molecule has 0 spiro atoms. The Hall–Kier alpha value is -3.16. The molecule has 0 fully saturated rings. The number of benzene rings is 1. The Balaban J connectivity index is 1.85. The van der Waals surface area contributed by atoms with Crippen molar-refractivity contribution in [3.05, 3.63) is 52.7 Å². The van der Waals surface area contributed by atoms with Gasteiger partial charge in [0.05, 0.1) is 11.6 Å². The number of aromatic nitrogens is 5. The number of rotatable bonds is 3. The highest BCUT2D eigenvalue weighted by Gasteiger charge is 2.10. The zero-order chi connectivity index (χ0) is 15.5. The molecule has 2 heterocycles. The third-order valence-electron chi connectivity index (χ3n) is 3.00. The molecule has 0 bridgehead atoms. The lowest BCUT2D eigenvalue weighted by atomic mass is 10.2. The quantitative estimate of drug-likeness (QED) is 0.756. The van der Waals surface area contributed by atoms with Gasteiger partial charge in [0.2, 0.25) is 5.91 Å². The van der Waals surface area contributed by atoms with Crippen molar-refractivity contribution in [1.82, 2.24) is 25.0 Å². The van der Waals surface area contributed by atoms with Crippen LogP contribution >= 0.6 is 0 Å². The van der Waals surface area contributed by atoms with Crippen LogP contribution in [-0.2, 0) is 11.3 Å². The van der Waals surface area contributed by atoms with E-state index >= 15 is 0 Å². The number of amides is 1. The molecule has 3 aromatic rings. The van der Waals surface area contributed by atoms with Crippen LogP contribution in [0.25, 0.3) is 10.9 Å². The molecular formula is C14H12N6O2. The lowest BCUT2D eigenvalue weighted by Gasteiger charge is -2.06. The number of nitrogens with zero attached hydrogens (tertiary/aromatic N) is 5. The molecular weight excluding hydrogens is 284 g/mol. The Bertz CT molecular complexity index is 891. The second-order valence-corrected chi connectivity index (χ2v) is 4.71. The maximum atomic E-state index is 12.3. The number of anilines is 1. The van der Waals surface area contributed by atoms with Gasteiger partial charge in [-0.15, -0.1) is 5.10 Å². The smallest absolute Gasteiger partial charge is 0.278 e. The van der Waals surface area contributed by atoms with E-state index in [0.29, 0.717) is 16.7 Å². The molecule has 0 atom stereocenters. The van der Waals surface area contributed by atoms with Gasteiger partial charge in [-0.1, -0.05) is 11.3 Å². The number of aryl methyl sites for hydroxylation is 1. The standard InChI is InChI=1S/C14H12N6O2/c1-9-2-3-10-11(6-9)18-19-20(14(10)22)8-13(21)17-12-7-15-4-5-16-12/h2-7H,8H2,1H3,(H,16,17,21). The molecule has 0 radical (unpaired) electrons. The fourth-order valence-corrected chi connectivity index (χ4v) is 1.97. The van der Waals surface area contributed by atoms with Gasteiger partial charge in [0.25, 0.3) is 5.56 Å². The van der Waals surface area contributed by atoms with Crippen molar-refractivity contribution in [2.75, 3.05) is 5.32 Å². The van der Waals surface area contributed by atoms with E-state index < -0.39 is 5.91 Å². The first-order valence-electron chi connectivity index (χ1n) is 6.53. The van der Waals surface area contributed by atoms with Gasteiger partial charge in [-0.25, -0.2) is 9.67 Å². The molecule has 8 nitrogen and oxygen atoms in total. The average Bonchev–Trinajstić information content (AvgIpc) is 2.51. The van der Waals surface area contributed by atoms with Crippen molar-refractivity contribution >= 4 is 22.6 Å². The molecule has 1 amide bonds. The SMILES string of the molecule is Cc1ccc2c(=O)n(CC(=O)Nc3cnccn3)nnc2c1. The normalized spacial score (nSPS) is 10.6. The first kappa shape index (κ1) is 13.8. The second kappa shape index (κ2) is 5.68. The summed E-state index contributed by atoms with van der Waals surface area (Å²) in [6, 6.07) is 5.27. The van der Waals surface area contributed by atoms with Crippen LogP contribution in [0, 0.1) is 6.92 Å². The molecule has 110 valence electrons. The summed E-state index contributed by atoms with van der Waals surface area (Å²) >= 11 is 0. The van der Waals surface area contributed by atoms with E-state index in [0.717, 1.165) is 10.2 Å². The van der Waals surface area contributed by atoms with Crippen LogP contribution in [0.15, 0.2) is 41.6 Å². The molecule has 1 aromatic carbocycles. The largest absolute Gasteiger partial charge is 0.308 e. The van der Waals surface area contributed by atoms with Gasteiger partial charge in [-0.2, -0.15) is 0 Å². The molecule has 0 aliphatic heterocycles. The fourth-order valence-electron chi connectivity index (χ4n) is 1.97. The van der Waals surface area contributed by atoms with Gasteiger partial charge in [-0.05, 0) is 24.6 Å². The lowest BCUT2D eigenvalue weighted by Crippen LogP contribution is -2.30. The van der Waals surface area contributed by atoms with Gasteiger partial charge < -0.3 is 5.32 Å². The van der Waals surface area contributed by atoms with E-state index in [1.165, 1.54) is 18.6 Å². The zero-order valence-electron chi connectivity index (χ0n) is 11.7. The highest BCUT2D eigenvalue weighted by atomic mass is 16.2. The van der Waals surface area contributed by atoms with Crippen LogP contribution in [-0.4, -0.2) is 30.9 Å². The monoisotopic (exact) mass is 296 g/mol. The summed E-state index contributed by atoms with van der Waals surface area (Å²) in [6.45, 7) is 1.66. The van der Waals surface area contributed by atoms with Crippen molar-refractivity contribution in [3.63, 3.8) is 0 Å². The van der Waals surface area contributed by atoms with E-state index in [1.807, 2.05) is 13.0 Å². The van der Waals surface area contributed by atoms with Crippen LogP contribution in [0.5, 0.6) is 0 Å². The molecule has 3 rings (SSSR count). The topological polar surface area (TPSA) is 103 Å². The Morgan fingerprint density at radius 2 is 2.18 bits per heavy atom. The molecule has 8 heteroatoms. The summed E-state index contributed by atoms with van der Waals surface area (Å²) in [7, 11) is 0. The Morgan fingerprint density at radius 3 is 2.95 bits per heavy atom. The van der Waals surface area contributed by atoms with Gasteiger partial charge in [-0.3, -0.25) is 14.6 Å². The Labute approximate surface area is 124 Å². The van der Waals surface area contributed by atoms with E-state index in [-0.39, 0.29) is 12.1 Å². The predicted molar refractivity (Wildman–Crippen MR) is 79.2 cm³/mol. The summed E-state index contributed by atoms with van der Waals surface area (Å²) in [5.74, 6) is -0.117. The van der Waals surface area contributed by atoms with Crippen molar-refractivity contribution < 1.29 is 4.79 Å². The van der Waals surface area contributed by atoms with Crippen molar-refractivity contribution in [2.45, 2.75) is 13.5 Å². The number of hydrogen-bond donors (Lipinski definition) is 1. The van der Waals surface area contributed by atoms with E-state index in [9.17, 15) is 9.59 Å². The third kappa shape index (κ3) is 2.80. The minimum absolute atomic E-state index is 0.244. The summed E-state index contributed by atoms with van der Waals surface area (Å²) in [6.07, 6.45) is 4.37. The van der Waals surface area contributed by atoms with Gasteiger partial charge in [0.15, 0.2) is 5.82 Å². The Kier molecular flexibility index (Phi) is 3.57. The third-order valence-corrected chi connectivity index (χ3v) is 3.00. The van der Waals surface area contributed by atoms with E-state index in [4.69, 9.17) is 0 Å². The van der Waals surface area contributed by atoms with Crippen LogP contribution in [0.2, 0.25) is 0 Å². The zero-order valence-corrected chi connectivity index (χ0v) is 11.7. The fraction of sp³-hybridized carbons (Fsp3) is 0.143. The highest BCUT2D eigenvalue weighted by molar-refractivity contribution is 5.89. The maximum absolute atomic E-state index is 12.3. The number of carbonyl (C=O) groups is 1. The van der Waals surface area contributed by atoms with E-state index in [2.05, 4.69) is 25.6 Å². The minimum atomic E-state index is -0.427. The average molecular weight is 296 g/mol. The predicted octanol–water partition coefficient (Wildman–Crippen LogP) is 0.529. The molecule has 0 saturated heterocycles. The summed E-state index contributed by atoms with van der Waals surface area (Å²) in [5, 5.41) is 10.7. The van der Waals surface area contributed by atoms with Crippen molar-refractivity contribution in [2.24, 2.45) is 0 Å². The van der Waals surface area contributed by atoms with Gasteiger partial charge >= 0.3 is 0 Å². The first-order chi connectivity index (χ1) is 10.6. The number of hydrogen-bond acceptors (Lipinski definition) is 6. The molecule has 0 aliphatic carbocycles. The highest BCUT2D eigenvalue weighted by Crippen LogP contribution is 2.08. The van der Waals surface area contributed by atoms with Gasteiger partial charge in [0.1, 0.15) is 12.1 Å². The first-order valence-corrected chi connectivity index (χ1v) is 6.53. The molecule has 1 N–H and O–H groups in total. The number of nitrogens with one attached hydrogen (secondary N) is 1. The van der Waals surface area contributed by atoms with Crippen LogP contribution in [0.1, 0.15) is 5.56 Å². The van der Waals surface area contributed by atoms with Crippen molar-refractivity contribution in [3.8, 4) is 0 Å². The minimum Gasteiger partial charge on any atom is -0.308 e. The maximum Gasteiger partial charge on any atom is 0.278 e. The van der Waals surface area contributed by atoms with Gasteiger partial charge in [0, 0.05) is 12.4 Å². The van der Waals surface area contributed by atoms with Crippen LogP contribution in [0.4, 0.5) is 5.82 Å². The molecule has 22 heavy (non-hydrogen) atoms. The van der Waals surface area contributed by atoms with E-state index in [1.54, 1.807) is 12.1 Å². The van der Waals surface area contributed by atoms with Crippen LogP contribution < -0.4 is 10.9 Å². The molecule has 0 saturated carbocycles. The Morgan fingerprint density at radius 1 is 1.32 bits per heavy atom. The molecule has 0 aliphatic rings. The number of carbonyl (C=O) groups excluding carboxylic acids is 1. The lowest BCUT2D eigenvalue weighted by molar-refractivity contribution is -0.117. The summed E-state index contributed by atoms with van der Waals surface area (Å²) in [5.41, 5.74) is 1.13.